The maximum Gasteiger partial charge on any atom is 0.339 e. The van der Waals surface area contributed by atoms with Crippen LogP contribution < -0.4 is 5.32 Å². The van der Waals surface area contributed by atoms with E-state index in [-0.39, 0.29) is 17.9 Å². The van der Waals surface area contributed by atoms with Crippen molar-refractivity contribution in [1.82, 2.24) is 15.2 Å². The number of rotatable bonds is 4. The zero-order valence-electron chi connectivity index (χ0n) is 11.8. The molecule has 1 saturated heterocycles. The molecule has 1 unspecified atom stereocenters. The Bertz CT molecular complexity index is 487. The van der Waals surface area contributed by atoms with Gasteiger partial charge in [0.25, 0.3) is 0 Å². The number of ether oxygens (including phenoxy) is 1. The Kier molecular flexibility index (Phi) is 4.68. The second-order valence-electron chi connectivity index (χ2n) is 4.95. The van der Waals surface area contributed by atoms with Gasteiger partial charge in [-0.15, -0.1) is 0 Å². The predicted molar refractivity (Wildman–Crippen MR) is 73.1 cm³/mol. The predicted octanol–water partition coefficient (Wildman–Crippen LogP) is 0.579. The fourth-order valence-electron chi connectivity index (χ4n) is 2.37. The van der Waals surface area contributed by atoms with Crippen molar-refractivity contribution in [1.29, 1.82) is 0 Å². The van der Waals surface area contributed by atoms with Gasteiger partial charge in [-0.2, -0.15) is 0 Å². The number of nitrogens with zero attached hydrogens (tertiary/aromatic N) is 2. The highest BCUT2D eigenvalue weighted by Crippen LogP contribution is 2.13. The van der Waals surface area contributed by atoms with Gasteiger partial charge in [-0.25, -0.2) is 4.79 Å². The van der Waals surface area contributed by atoms with E-state index >= 15 is 0 Å². The number of pyridine rings is 1. The molecule has 1 atom stereocenters. The van der Waals surface area contributed by atoms with Crippen molar-refractivity contribution in [2.45, 2.75) is 25.9 Å². The largest absolute Gasteiger partial charge is 0.465 e. The molecule has 6 heteroatoms. The van der Waals surface area contributed by atoms with E-state index in [1.807, 2.05) is 6.07 Å². The molecule has 1 amide bonds. The molecule has 2 rings (SSSR count). The van der Waals surface area contributed by atoms with Crippen molar-refractivity contribution in [3.05, 3.63) is 29.6 Å². The summed E-state index contributed by atoms with van der Waals surface area (Å²) < 4.78 is 4.63. The summed E-state index contributed by atoms with van der Waals surface area (Å²) in [5, 5.41) is 2.93. The van der Waals surface area contributed by atoms with Gasteiger partial charge in [0.05, 0.1) is 18.4 Å². The molecule has 1 N–H and O–H groups in total. The molecular weight excluding hydrogens is 258 g/mol. The van der Waals surface area contributed by atoms with Crippen LogP contribution in [0.15, 0.2) is 18.3 Å². The maximum absolute atomic E-state index is 11.3. The summed E-state index contributed by atoms with van der Waals surface area (Å²) in [4.78, 5) is 28.8. The molecule has 1 fully saturated rings. The molecule has 108 valence electrons. The average Bonchev–Trinajstić information content (AvgIpc) is 2.85. The lowest BCUT2D eigenvalue weighted by Gasteiger charge is -2.15. The van der Waals surface area contributed by atoms with Crippen LogP contribution in [0, 0.1) is 0 Å². The first-order chi connectivity index (χ1) is 9.58. The third-order valence-electron chi connectivity index (χ3n) is 3.31. The van der Waals surface area contributed by atoms with Gasteiger partial charge in [0.2, 0.25) is 5.91 Å². The number of amides is 1. The van der Waals surface area contributed by atoms with E-state index in [0.29, 0.717) is 5.56 Å². The Morgan fingerprint density at radius 2 is 2.30 bits per heavy atom. The van der Waals surface area contributed by atoms with Gasteiger partial charge in [0.15, 0.2) is 0 Å². The lowest BCUT2D eigenvalue weighted by molar-refractivity contribution is -0.119. The summed E-state index contributed by atoms with van der Waals surface area (Å²) in [7, 11) is 1.35. The van der Waals surface area contributed by atoms with Crippen LogP contribution in [-0.2, 0) is 16.1 Å². The van der Waals surface area contributed by atoms with Gasteiger partial charge in [0.1, 0.15) is 0 Å². The highest BCUT2D eigenvalue weighted by molar-refractivity contribution is 5.88. The Balaban J connectivity index is 1.88. The molecule has 2 heterocycles. The standard InChI is InChI=1S/C14H19N3O3/c1-10(18)16-13-5-6-17(9-13)8-12-4-3-11(7-15-12)14(19)20-2/h3-4,7,13H,5-6,8-9H2,1-2H3,(H,16,18). The smallest absolute Gasteiger partial charge is 0.339 e. The topological polar surface area (TPSA) is 71.5 Å². The van der Waals surface area contributed by atoms with Crippen molar-refractivity contribution in [3.63, 3.8) is 0 Å². The van der Waals surface area contributed by atoms with Crippen LogP contribution in [0.1, 0.15) is 29.4 Å². The molecule has 1 aliphatic rings. The number of esters is 1. The maximum atomic E-state index is 11.3. The Morgan fingerprint density at radius 1 is 1.50 bits per heavy atom. The summed E-state index contributed by atoms with van der Waals surface area (Å²) in [5.74, 6) is -0.367. The molecule has 0 radical (unpaired) electrons. The third-order valence-corrected chi connectivity index (χ3v) is 3.31. The molecule has 6 nitrogen and oxygen atoms in total. The number of methoxy groups -OCH3 is 1. The second kappa shape index (κ2) is 6.47. The summed E-state index contributed by atoms with van der Waals surface area (Å²) in [5.41, 5.74) is 1.36. The van der Waals surface area contributed by atoms with Gasteiger partial charge in [-0.1, -0.05) is 0 Å². The highest BCUT2D eigenvalue weighted by Gasteiger charge is 2.23. The molecule has 1 aromatic rings. The number of carbonyl (C=O) groups excluding carboxylic acids is 2. The zero-order chi connectivity index (χ0) is 14.5. The summed E-state index contributed by atoms with van der Waals surface area (Å²) in [6.07, 6.45) is 2.49. The number of nitrogens with one attached hydrogen (secondary N) is 1. The van der Waals surface area contributed by atoms with Crippen LogP contribution in [0.5, 0.6) is 0 Å². The lowest BCUT2D eigenvalue weighted by Crippen LogP contribution is -2.35. The fourth-order valence-corrected chi connectivity index (χ4v) is 2.37. The van der Waals surface area contributed by atoms with Gasteiger partial charge < -0.3 is 10.1 Å². The minimum Gasteiger partial charge on any atom is -0.465 e. The van der Waals surface area contributed by atoms with E-state index in [0.717, 1.165) is 31.7 Å². The van der Waals surface area contributed by atoms with E-state index in [1.54, 1.807) is 6.07 Å². The first kappa shape index (κ1) is 14.5. The normalized spacial score (nSPS) is 18.8. The van der Waals surface area contributed by atoms with Crippen molar-refractivity contribution < 1.29 is 14.3 Å². The lowest BCUT2D eigenvalue weighted by atomic mass is 10.2. The SMILES string of the molecule is COC(=O)c1ccc(CN2CCC(NC(C)=O)C2)nc1. The van der Waals surface area contributed by atoms with Crippen LogP contribution in [0.25, 0.3) is 0 Å². The molecule has 0 spiro atoms. The average molecular weight is 277 g/mol. The second-order valence-corrected chi connectivity index (χ2v) is 4.95. The van der Waals surface area contributed by atoms with Gasteiger partial charge >= 0.3 is 5.97 Å². The first-order valence-corrected chi connectivity index (χ1v) is 6.61. The number of aromatic nitrogens is 1. The Hall–Kier alpha value is -1.95. The Labute approximate surface area is 118 Å². The van der Waals surface area contributed by atoms with Crippen LogP contribution in [0.3, 0.4) is 0 Å². The number of carbonyl (C=O) groups is 2. The van der Waals surface area contributed by atoms with Crippen LogP contribution in [-0.4, -0.2) is 48.0 Å². The molecule has 0 aromatic carbocycles. The minimum atomic E-state index is -0.379. The number of likely N-dealkylation sites (tertiary alicyclic amines) is 1. The van der Waals surface area contributed by atoms with E-state index in [1.165, 1.54) is 20.2 Å². The van der Waals surface area contributed by atoms with Crippen molar-refractivity contribution in [3.8, 4) is 0 Å². The molecule has 0 saturated carbocycles. The monoisotopic (exact) mass is 277 g/mol. The summed E-state index contributed by atoms with van der Waals surface area (Å²) in [6.45, 7) is 4.03. The summed E-state index contributed by atoms with van der Waals surface area (Å²) in [6, 6.07) is 3.77. The van der Waals surface area contributed by atoms with E-state index < -0.39 is 0 Å². The summed E-state index contributed by atoms with van der Waals surface area (Å²) >= 11 is 0. The highest BCUT2D eigenvalue weighted by atomic mass is 16.5. The van der Waals surface area contributed by atoms with Gasteiger partial charge in [-0.05, 0) is 18.6 Å². The van der Waals surface area contributed by atoms with Crippen molar-refractivity contribution >= 4 is 11.9 Å². The third kappa shape index (κ3) is 3.77. The van der Waals surface area contributed by atoms with E-state index in [2.05, 4.69) is 19.9 Å². The Morgan fingerprint density at radius 3 is 2.90 bits per heavy atom. The van der Waals surface area contributed by atoms with E-state index in [4.69, 9.17) is 0 Å². The zero-order valence-corrected chi connectivity index (χ0v) is 11.8. The molecule has 0 aliphatic carbocycles. The van der Waals surface area contributed by atoms with E-state index in [9.17, 15) is 9.59 Å². The number of hydrogen-bond acceptors (Lipinski definition) is 5. The van der Waals surface area contributed by atoms with Crippen LogP contribution in [0.2, 0.25) is 0 Å². The number of hydrogen-bond donors (Lipinski definition) is 1. The minimum absolute atomic E-state index is 0.0115. The van der Waals surface area contributed by atoms with Crippen molar-refractivity contribution in [2.75, 3.05) is 20.2 Å². The van der Waals surface area contributed by atoms with Crippen LogP contribution in [0.4, 0.5) is 0 Å². The molecule has 20 heavy (non-hydrogen) atoms. The van der Waals surface area contributed by atoms with Gasteiger partial charge in [0, 0.05) is 38.8 Å². The first-order valence-electron chi connectivity index (χ1n) is 6.61. The molecule has 1 aliphatic heterocycles. The van der Waals surface area contributed by atoms with Gasteiger partial charge in [-0.3, -0.25) is 14.7 Å². The quantitative estimate of drug-likeness (QED) is 0.815. The van der Waals surface area contributed by atoms with Crippen molar-refractivity contribution in [2.24, 2.45) is 0 Å². The molecule has 1 aromatic heterocycles. The molecule has 0 bridgehead atoms. The fraction of sp³-hybridized carbons (Fsp3) is 0.500. The molecular formula is C14H19N3O3. The van der Waals surface area contributed by atoms with Crippen LogP contribution >= 0.6 is 0 Å².